The van der Waals surface area contributed by atoms with Crippen molar-refractivity contribution in [1.29, 1.82) is 0 Å². The van der Waals surface area contributed by atoms with Crippen molar-refractivity contribution in [3.05, 3.63) is 105 Å². The Balaban J connectivity index is 1.56. The molecule has 1 heterocycles. The monoisotopic (exact) mass is 632 g/mol. The highest BCUT2D eigenvalue weighted by Crippen LogP contribution is 2.38. The number of alkyl halides is 6. The molecule has 1 saturated heterocycles. The van der Waals surface area contributed by atoms with Gasteiger partial charge in [-0.3, -0.25) is 9.69 Å². The molecule has 1 aliphatic heterocycles. The van der Waals surface area contributed by atoms with Crippen molar-refractivity contribution in [2.75, 3.05) is 26.7 Å². The fourth-order valence-corrected chi connectivity index (χ4v) is 5.49. The van der Waals surface area contributed by atoms with Gasteiger partial charge in [0.25, 0.3) is 0 Å². The van der Waals surface area contributed by atoms with Gasteiger partial charge >= 0.3 is 12.4 Å². The molecule has 4 rings (SSSR count). The summed E-state index contributed by atoms with van der Waals surface area (Å²) in [6, 6.07) is 15.0. The number of carbonyl (C=O) groups is 1. The van der Waals surface area contributed by atoms with Crippen LogP contribution in [0.15, 0.2) is 66.7 Å². The van der Waals surface area contributed by atoms with Crippen molar-refractivity contribution in [3.8, 4) is 0 Å². The van der Waals surface area contributed by atoms with E-state index in [4.69, 9.17) is 23.2 Å². The van der Waals surface area contributed by atoms with E-state index in [0.29, 0.717) is 48.6 Å². The van der Waals surface area contributed by atoms with E-state index in [0.717, 1.165) is 5.56 Å². The summed E-state index contributed by atoms with van der Waals surface area (Å²) in [6.07, 6.45) is -9.89. The highest BCUT2D eigenvalue weighted by Gasteiger charge is 2.38. The zero-order valence-electron chi connectivity index (χ0n) is 22.4. The molecule has 1 aliphatic rings. The highest BCUT2D eigenvalue weighted by molar-refractivity contribution is 6.42. The minimum absolute atomic E-state index is 0.0327. The lowest BCUT2D eigenvalue weighted by molar-refractivity contribution is -0.143. The van der Waals surface area contributed by atoms with Gasteiger partial charge in [-0.15, -0.1) is 0 Å². The molecular weight excluding hydrogens is 605 g/mol. The van der Waals surface area contributed by atoms with Crippen molar-refractivity contribution in [2.45, 2.75) is 43.3 Å². The Morgan fingerprint density at radius 3 is 2.00 bits per heavy atom. The van der Waals surface area contributed by atoms with Crippen LogP contribution in [0.1, 0.15) is 46.7 Å². The van der Waals surface area contributed by atoms with Gasteiger partial charge in [0.15, 0.2) is 0 Å². The van der Waals surface area contributed by atoms with Crippen LogP contribution < -0.4 is 0 Å². The molecule has 226 valence electrons. The molecule has 1 N–H and O–H groups in total. The van der Waals surface area contributed by atoms with Gasteiger partial charge in [0.2, 0.25) is 5.91 Å². The molecule has 12 heteroatoms. The zero-order chi connectivity index (χ0) is 30.9. The molecular formula is C30H28Cl2F6N2O2. The topological polar surface area (TPSA) is 43.8 Å². The normalized spacial score (nSPS) is 16.7. The Kier molecular flexibility index (Phi) is 9.52. The Labute approximate surface area is 249 Å². The van der Waals surface area contributed by atoms with E-state index in [1.165, 1.54) is 11.9 Å². The fourth-order valence-electron chi connectivity index (χ4n) is 5.19. The van der Waals surface area contributed by atoms with E-state index >= 15 is 0 Å². The number of nitrogens with zero attached hydrogens (tertiary/aromatic N) is 2. The number of rotatable bonds is 7. The van der Waals surface area contributed by atoms with Gasteiger partial charge < -0.3 is 10.0 Å². The standard InChI is InChI=1S/C30H28Cl2F6N2O2/c1-39(27(41)15-19-13-22(29(33,34)35)17-23(14-19)30(36,37)38)18-26(20-7-8-24(31)25(32)16-20)40-11-9-28(42,10-12-40)21-5-3-2-4-6-21/h2-8,13-14,16-17,26,42H,9-12,15,18H2,1H3. The SMILES string of the molecule is CN(CC(c1ccc(Cl)c(Cl)c1)N1CCC(O)(c2ccccc2)CC1)C(=O)Cc1cc(C(F)(F)F)cc(C(F)(F)F)c1. The third kappa shape index (κ3) is 7.58. The third-order valence-electron chi connectivity index (χ3n) is 7.58. The second-order valence-electron chi connectivity index (χ2n) is 10.5. The van der Waals surface area contributed by atoms with E-state index in [2.05, 4.69) is 4.90 Å². The number of likely N-dealkylation sites (tertiary alicyclic amines) is 1. The second-order valence-corrected chi connectivity index (χ2v) is 11.3. The lowest BCUT2D eigenvalue weighted by Crippen LogP contribution is -2.47. The third-order valence-corrected chi connectivity index (χ3v) is 8.32. The maximum Gasteiger partial charge on any atom is 0.416 e. The van der Waals surface area contributed by atoms with Gasteiger partial charge in [-0.1, -0.05) is 59.6 Å². The average molecular weight is 633 g/mol. The number of carbonyl (C=O) groups excluding carboxylic acids is 1. The van der Waals surface area contributed by atoms with Crippen LogP contribution in [0, 0.1) is 0 Å². The van der Waals surface area contributed by atoms with Crippen LogP contribution in [0.5, 0.6) is 0 Å². The van der Waals surface area contributed by atoms with E-state index in [-0.39, 0.29) is 17.6 Å². The Morgan fingerprint density at radius 1 is 0.905 bits per heavy atom. The Morgan fingerprint density at radius 2 is 1.48 bits per heavy atom. The number of benzene rings is 3. The molecule has 0 aliphatic carbocycles. The Hall–Kier alpha value is -2.79. The number of likely N-dealkylation sites (N-methyl/N-ethyl adjacent to an activating group) is 1. The number of amides is 1. The molecule has 0 aromatic heterocycles. The summed E-state index contributed by atoms with van der Waals surface area (Å²) in [5, 5.41) is 11.9. The van der Waals surface area contributed by atoms with Crippen LogP contribution in [-0.2, 0) is 29.2 Å². The summed E-state index contributed by atoms with van der Waals surface area (Å²) in [6.45, 7) is 0.952. The van der Waals surface area contributed by atoms with Gasteiger partial charge in [-0.25, -0.2) is 0 Å². The molecule has 0 bridgehead atoms. The number of aliphatic hydroxyl groups is 1. The minimum atomic E-state index is -5.01. The van der Waals surface area contributed by atoms with Crippen molar-refractivity contribution in [1.82, 2.24) is 9.80 Å². The summed E-state index contributed by atoms with van der Waals surface area (Å²) in [5.74, 6) is -0.662. The lowest BCUT2D eigenvalue weighted by Gasteiger charge is -2.43. The molecule has 0 saturated carbocycles. The molecule has 1 atom stereocenters. The van der Waals surface area contributed by atoms with Crippen molar-refractivity contribution in [3.63, 3.8) is 0 Å². The van der Waals surface area contributed by atoms with Crippen molar-refractivity contribution < 1.29 is 36.2 Å². The first-order valence-electron chi connectivity index (χ1n) is 13.1. The van der Waals surface area contributed by atoms with Gasteiger partial charge in [-0.2, -0.15) is 26.3 Å². The van der Waals surface area contributed by atoms with Crippen LogP contribution in [0.3, 0.4) is 0 Å². The largest absolute Gasteiger partial charge is 0.416 e. The first-order chi connectivity index (χ1) is 19.6. The summed E-state index contributed by atoms with van der Waals surface area (Å²) in [5.41, 5.74) is -2.88. The summed E-state index contributed by atoms with van der Waals surface area (Å²) >= 11 is 12.4. The number of hydrogen-bond donors (Lipinski definition) is 1. The van der Waals surface area contributed by atoms with Gasteiger partial charge in [0, 0.05) is 26.7 Å². The fraction of sp³-hybridized carbons (Fsp3) is 0.367. The molecule has 3 aromatic carbocycles. The molecule has 1 amide bonds. The van der Waals surface area contributed by atoms with E-state index in [1.54, 1.807) is 18.2 Å². The van der Waals surface area contributed by atoms with Gasteiger partial charge in [-0.05, 0) is 59.9 Å². The maximum atomic E-state index is 13.3. The number of piperidine rings is 1. The van der Waals surface area contributed by atoms with Crippen LogP contribution >= 0.6 is 23.2 Å². The van der Waals surface area contributed by atoms with Crippen LogP contribution in [0.25, 0.3) is 0 Å². The van der Waals surface area contributed by atoms with E-state index in [1.807, 2.05) is 30.3 Å². The van der Waals surface area contributed by atoms with E-state index < -0.39 is 53.0 Å². The van der Waals surface area contributed by atoms with Gasteiger partial charge in [0.1, 0.15) is 0 Å². The predicted octanol–water partition coefficient (Wildman–Crippen LogP) is 7.76. The lowest BCUT2D eigenvalue weighted by atomic mass is 9.83. The number of halogens is 8. The molecule has 1 unspecified atom stereocenters. The van der Waals surface area contributed by atoms with Crippen LogP contribution in [0.2, 0.25) is 10.0 Å². The zero-order valence-corrected chi connectivity index (χ0v) is 24.0. The highest BCUT2D eigenvalue weighted by atomic mass is 35.5. The van der Waals surface area contributed by atoms with Crippen molar-refractivity contribution in [2.24, 2.45) is 0 Å². The molecule has 1 fully saturated rings. The molecule has 0 radical (unpaired) electrons. The maximum absolute atomic E-state index is 13.3. The van der Waals surface area contributed by atoms with E-state index in [9.17, 15) is 36.2 Å². The average Bonchev–Trinajstić information content (AvgIpc) is 2.93. The van der Waals surface area contributed by atoms with Gasteiger partial charge in [0.05, 0.1) is 39.2 Å². The summed E-state index contributed by atoms with van der Waals surface area (Å²) in [7, 11) is 1.44. The molecule has 3 aromatic rings. The Bertz CT molecular complexity index is 1370. The predicted molar refractivity (Wildman–Crippen MR) is 148 cm³/mol. The molecule has 0 spiro atoms. The van der Waals surface area contributed by atoms with Crippen molar-refractivity contribution >= 4 is 29.1 Å². The number of hydrogen-bond acceptors (Lipinski definition) is 3. The van der Waals surface area contributed by atoms with Crippen LogP contribution in [0.4, 0.5) is 26.3 Å². The second kappa shape index (κ2) is 12.4. The molecule has 42 heavy (non-hydrogen) atoms. The first kappa shape index (κ1) is 32.1. The smallest absolute Gasteiger partial charge is 0.385 e. The summed E-state index contributed by atoms with van der Waals surface area (Å²) in [4.78, 5) is 16.5. The quantitative estimate of drug-likeness (QED) is 0.271. The van der Waals surface area contributed by atoms with Crippen LogP contribution in [-0.4, -0.2) is 47.5 Å². The summed E-state index contributed by atoms with van der Waals surface area (Å²) < 4.78 is 79.9. The first-order valence-corrected chi connectivity index (χ1v) is 13.8. The molecule has 4 nitrogen and oxygen atoms in total. The minimum Gasteiger partial charge on any atom is -0.385 e.